The molecule has 45 heavy (non-hydrogen) atoms. The van der Waals surface area contributed by atoms with E-state index in [0.717, 1.165) is 18.4 Å². The number of fused-ring (bicyclic) bond motifs is 2. The van der Waals surface area contributed by atoms with Crippen molar-refractivity contribution in [1.29, 1.82) is 0 Å². The Morgan fingerprint density at radius 2 is 1.84 bits per heavy atom. The van der Waals surface area contributed by atoms with E-state index < -0.39 is 29.5 Å². The van der Waals surface area contributed by atoms with Crippen molar-refractivity contribution in [2.45, 2.75) is 57.0 Å². The number of rotatable bonds is 7. The summed E-state index contributed by atoms with van der Waals surface area (Å²) in [6, 6.07) is 14.6. The highest BCUT2D eigenvalue weighted by atomic mass is 35.5. The van der Waals surface area contributed by atoms with Gasteiger partial charge in [0.2, 0.25) is 0 Å². The number of ether oxygens (including phenoxy) is 2. The Balaban J connectivity index is 1.10. The summed E-state index contributed by atoms with van der Waals surface area (Å²) in [5.41, 5.74) is 0.402. The molecular weight excluding hydrogens is 614 g/mol. The zero-order valence-corrected chi connectivity index (χ0v) is 24.9. The van der Waals surface area contributed by atoms with E-state index in [1.165, 1.54) is 18.2 Å². The van der Waals surface area contributed by atoms with Crippen LogP contribution in [0.4, 0.5) is 17.6 Å². The smallest absolute Gasteiger partial charge is 0.396 e. The standard InChI is InChI=1S/C33H30ClF4N3O4/c34-21-5-6-23(24(35)15-21)28-17-44-27-3-1-2-22(30(27)45-28)19-8-12-40(13-9-19)16-29-39-25-7-4-20(31(42)43)14-26(25)41(29)18-32(10-11-32)33(36,37)38/h1-7,14-15,19,28H,8-13,16-18H2,(H,42,43). The van der Waals surface area contributed by atoms with Crippen molar-refractivity contribution in [1.82, 2.24) is 14.5 Å². The molecule has 7 rings (SSSR count). The first-order valence-electron chi connectivity index (χ1n) is 14.9. The van der Waals surface area contributed by atoms with E-state index in [-0.39, 0.29) is 37.5 Å². The number of para-hydroxylation sites is 1. The normalized spacial score (nSPS) is 20.0. The molecule has 1 saturated heterocycles. The van der Waals surface area contributed by atoms with Crippen LogP contribution in [0.15, 0.2) is 54.6 Å². The number of nitrogens with zero attached hydrogens (tertiary/aromatic N) is 3. The number of benzene rings is 3. The van der Waals surface area contributed by atoms with Gasteiger partial charge in [0.15, 0.2) is 17.6 Å². The highest BCUT2D eigenvalue weighted by Gasteiger charge is 2.63. The van der Waals surface area contributed by atoms with E-state index in [1.807, 2.05) is 18.2 Å². The average molecular weight is 644 g/mol. The fourth-order valence-corrected chi connectivity index (χ4v) is 6.70. The van der Waals surface area contributed by atoms with E-state index in [9.17, 15) is 27.5 Å². The van der Waals surface area contributed by atoms with Gasteiger partial charge in [-0.05, 0) is 81.1 Å². The molecule has 236 valence electrons. The lowest BCUT2D eigenvalue weighted by molar-refractivity contribution is -0.190. The first kappa shape index (κ1) is 29.9. The molecule has 0 bridgehead atoms. The lowest BCUT2D eigenvalue weighted by Crippen LogP contribution is -2.35. The Bertz CT molecular complexity index is 1780. The van der Waals surface area contributed by atoms with Gasteiger partial charge in [0.05, 0.1) is 28.6 Å². The van der Waals surface area contributed by atoms with Crippen molar-refractivity contribution in [3.05, 3.63) is 88.0 Å². The molecule has 1 N–H and O–H groups in total. The van der Waals surface area contributed by atoms with Crippen LogP contribution < -0.4 is 9.47 Å². The highest BCUT2D eigenvalue weighted by molar-refractivity contribution is 6.30. The van der Waals surface area contributed by atoms with Gasteiger partial charge in [-0.2, -0.15) is 13.2 Å². The molecule has 1 atom stereocenters. The summed E-state index contributed by atoms with van der Waals surface area (Å²) in [7, 11) is 0. The molecule has 1 aromatic heterocycles. The quantitative estimate of drug-likeness (QED) is 0.208. The average Bonchev–Trinajstić information content (AvgIpc) is 3.74. The third-order valence-electron chi connectivity index (χ3n) is 9.35. The van der Waals surface area contributed by atoms with Crippen LogP contribution in [-0.4, -0.2) is 51.4 Å². The molecule has 0 radical (unpaired) electrons. The Kier molecular flexibility index (Phi) is 7.43. The molecular formula is C33H30ClF4N3O4. The summed E-state index contributed by atoms with van der Waals surface area (Å²) in [4.78, 5) is 18.5. The van der Waals surface area contributed by atoms with Gasteiger partial charge in [-0.15, -0.1) is 0 Å². The second-order valence-corrected chi connectivity index (χ2v) is 12.6. The molecule has 1 saturated carbocycles. The number of alkyl halides is 3. The zero-order valence-electron chi connectivity index (χ0n) is 24.1. The van der Waals surface area contributed by atoms with Crippen molar-refractivity contribution < 1.29 is 36.9 Å². The van der Waals surface area contributed by atoms with Gasteiger partial charge in [-0.3, -0.25) is 4.90 Å². The minimum Gasteiger partial charge on any atom is -0.485 e. The lowest BCUT2D eigenvalue weighted by atomic mass is 9.88. The number of carboxylic acids is 1. The van der Waals surface area contributed by atoms with Gasteiger partial charge in [0.25, 0.3) is 0 Å². The maximum Gasteiger partial charge on any atom is 0.396 e. The van der Waals surface area contributed by atoms with Gasteiger partial charge in [-0.1, -0.05) is 29.8 Å². The summed E-state index contributed by atoms with van der Waals surface area (Å²) >= 11 is 5.93. The topological polar surface area (TPSA) is 76.8 Å². The molecule has 1 aliphatic carbocycles. The van der Waals surface area contributed by atoms with Crippen LogP contribution in [0.5, 0.6) is 11.5 Å². The fourth-order valence-electron chi connectivity index (χ4n) is 6.54. The third kappa shape index (κ3) is 5.61. The summed E-state index contributed by atoms with van der Waals surface area (Å²) in [5, 5.41) is 9.81. The number of carbonyl (C=O) groups is 1. The van der Waals surface area contributed by atoms with E-state index in [2.05, 4.69) is 9.88 Å². The Labute approximate surface area is 261 Å². The number of likely N-dealkylation sites (tertiary alicyclic amines) is 1. The maximum absolute atomic E-state index is 14.7. The maximum atomic E-state index is 14.7. The van der Waals surface area contributed by atoms with Crippen LogP contribution >= 0.6 is 11.6 Å². The first-order chi connectivity index (χ1) is 21.5. The molecule has 3 aliphatic rings. The summed E-state index contributed by atoms with van der Waals surface area (Å²) in [5.74, 6) is 0.215. The lowest BCUT2D eigenvalue weighted by Gasteiger charge is -2.35. The van der Waals surface area contributed by atoms with Crippen LogP contribution in [0.3, 0.4) is 0 Å². The number of imidazole rings is 1. The van der Waals surface area contributed by atoms with Crippen molar-refractivity contribution in [3.63, 3.8) is 0 Å². The van der Waals surface area contributed by atoms with Gasteiger partial charge < -0.3 is 19.1 Å². The van der Waals surface area contributed by atoms with Gasteiger partial charge >= 0.3 is 12.1 Å². The molecule has 1 unspecified atom stereocenters. The molecule has 2 fully saturated rings. The van der Waals surface area contributed by atoms with E-state index in [4.69, 9.17) is 21.1 Å². The molecule has 2 aliphatic heterocycles. The minimum absolute atomic E-state index is 0.00583. The molecule has 12 heteroatoms. The number of piperidine rings is 1. The fraction of sp³-hybridized carbons (Fsp3) is 0.394. The number of carboxylic acid groups (broad SMARTS) is 1. The molecule has 3 aromatic carbocycles. The van der Waals surface area contributed by atoms with Crippen LogP contribution in [-0.2, 0) is 13.1 Å². The largest absolute Gasteiger partial charge is 0.485 e. The molecule has 4 aromatic rings. The van der Waals surface area contributed by atoms with Gasteiger partial charge in [-0.25, -0.2) is 14.2 Å². The van der Waals surface area contributed by atoms with Crippen LogP contribution in [0.1, 0.15) is 65.0 Å². The van der Waals surface area contributed by atoms with Crippen LogP contribution in [0, 0.1) is 11.2 Å². The Morgan fingerprint density at radius 3 is 2.53 bits per heavy atom. The Morgan fingerprint density at radius 1 is 1.07 bits per heavy atom. The zero-order chi connectivity index (χ0) is 31.5. The third-order valence-corrected chi connectivity index (χ3v) is 9.59. The van der Waals surface area contributed by atoms with Crippen molar-refractivity contribution in [2.75, 3.05) is 19.7 Å². The SMILES string of the molecule is O=C(O)c1ccc2nc(CN3CCC(c4cccc5c4OC(c4ccc(Cl)cc4F)CO5)CC3)n(CC3(C(F)(F)F)CC3)c2c1. The van der Waals surface area contributed by atoms with E-state index >= 15 is 0 Å². The van der Waals surface area contributed by atoms with Crippen molar-refractivity contribution >= 4 is 28.6 Å². The van der Waals surface area contributed by atoms with Crippen LogP contribution in [0.2, 0.25) is 5.02 Å². The second kappa shape index (κ2) is 11.2. The Hall–Kier alpha value is -3.83. The monoisotopic (exact) mass is 643 g/mol. The van der Waals surface area contributed by atoms with E-state index in [1.54, 1.807) is 22.8 Å². The second-order valence-electron chi connectivity index (χ2n) is 12.2. The summed E-state index contributed by atoms with van der Waals surface area (Å²) in [6.07, 6.45) is -3.39. The number of halogens is 5. The first-order valence-corrected chi connectivity index (χ1v) is 15.3. The number of aromatic nitrogens is 2. The van der Waals surface area contributed by atoms with E-state index in [0.29, 0.717) is 58.6 Å². The number of aromatic carboxylic acids is 1. The molecule has 3 heterocycles. The van der Waals surface area contributed by atoms with Crippen molar-refractivity contribution in [3.8, 4) is 11.5 Å². The molecule has 0 amide bonds. The summed E-state index contributed by atoms with van der Waals surface area (Å²) in [6.45, 7) is 1.54. The van der Waals surface area contributed by atoms with Gasteiger partial charge in [0, 0.05) is 22.7 Å². The minimum atomic E-state index is -4.36. The van der Waals surface area contributed by atoms with Gasteiger partial charge in [0.1, 0.15) is 18.2 Å². The highest BCUT2D eigenvalue weighted by Crippen LogP contribution is 2.59. The summed E-state index contributed by atoms with van der Waals surface area (Å²) < 4.78 is 70.5. The van der Waals surface area contributed by atoms with Crippen molar-refractivity contribution in [2.24, 2.45) is 5.41 Å². The van der Waals surface area contributed by atoms with Crippen LogP contribution in [0.25, 0.3) is 11.0 Å². The molecule has 0 spiro atoms. The predicted molar refractivity (Wildman–Crippen MR) is 158 cm³/mol. The molecule has 7 nitrogen and oxygen atoms in total. The number of hydrogen-bond donors (Lipinski definition) is 1. The number of hydrogen-bond acceptors (Lipinski definition) is 5. The predicted octanol–water partition coefficient (Wildman–Crippen LogP) is 7.76.